The molecule has 0 saturated carbocycles. The van der Waals surface area contributed by atoms with Crippen molar-refractivity contribution in [1.29, 1.82) is 0 Å². The van der Waals surface area contributed by atoms with E-state index in [1.807, 2.05) is 56.3 Å². The van der Waals surface area contributed by atoms with Crippen molar-refractivity contribution < 1.29 is 28.8 Å². The maximum Gasteiger partial charge on any atom is 0.261 e. The fraction of sp³-hybridized carbons (Fsp3) is 0.129. The molecule has 0 fully saturated rings. The number of H-pyrrole nitrogens is 1. The van der Waals surface area contributed by atoms with Crippen LogP contribution in [0, 0.1) is 13.8 Å². The Kier molecular flexibility index (Phi) is 7.38. The van der Waals surface area contributed by atoms with E-state index in [1.54, 1.807) is 49.7 Å². The number of nitrogens with zero attached hydrogens (tertiary/aromatic N) is 1. The molecular formula is C31H28N3O5+. The van der Waals surface area contributed by atoms with Crippen molar-refractivity contribution in [2.45, 2.75) is 20.5 Å². The molecule has 196 valence electrons. The van der Waals surface area contributed by atoms with Gasteiger partial charge in [0.2, 0.25) is 16.8 Å². The molecule has 0 unspecified atom stereocenters. The molecule has 5 aromatic rings. The third-order valence-electron chi connectivity index (χ3n) is 6.18. The number of nitrogens with one attached hydrogen (secondary N) is 2. The number of fused-ring (bicyclic) bond motifs is 1. The quantitative estimate of drug-likeness (QED) is 0.288. The van der Waals surface area contributed by atoms with Gasteiger partial charge in [-0.25, -0.2) is 9.98 Å². The van der Waals surface area contributed by atoms with Gasteiger partial charge >= 0.3 is 0 Å². The number of carbonyl (C=O) groups excluding carboxylic acids is 1. The molecule has 8 nitrogen and oxygen atoms in total. The van der Waals surface area contributed by atoms with Crippen molar-refractivity contribution in [3.63, 3.8) is 0 Å². The van der Waals surface area contributed by atoms with Gasteiger partial charge in [-0.05, 0) is 67.1 Å². The zero-order valence-electron chi connectivity index (χ0n) is 21.8. The van der Waals surface area contributed by atoms with Gasteiger partial charge in [-0.3, -0.25) is 4.79 Å². The van der Waals surface area contributed by atoms with Crippen LogP contribution in [0.15, 0.2) is 94.5 Å². The number of para-hydroxylation sites is 1. The number of aromatic nitrogens is 1. The van der Waals surface area contributed by atoms with Crippen LogP contribution in [0.5, 0.6) is 17.2 Å². The number of aliphatic hydroxyl groups excluding tert-OH is 1. The summed E-state index contributed by atoms with van der Waals surface area (Å²) in [6, 6.07) is 23.9. The molecule has 0 radical (unpaired) electrons. The van der Waals surface area contributed by atoms with Crippen LogP contribution in [0.25, 0.3) is 11.0 Å². The first-order valence-electron chi connectivity index (χ1n) is 12.4. The molecule has 0 atom stereocenters. The Hall–Kier alpha value is -4.95. The number of benzene rings is 3. The standard InChI is InChI=1S/C31H27N3O5/c1-19-9-14-28(37-3)27(15-19)34-30(36)26-16-25-21(18-35)17-32-20(2)29(25)39-31(26)33-22-10-12-24(13-11-22)38-23-7-5-4-6-8-23/h4-17,35H,18H2,1-3H3,(H,34,36)/p+1. The van der Waals surface area contributed by atoms with Gasteiger partial charge in [0.25, 0.3) is 5.91 Å². The first kappa shape index (κ1) is 25.7. The highest BCUT2D eigenvalue weighted by atomic mass is 16.5. The summed E-state index contributed by atoms with van der Waals surface area (Å²) in [6.45, 7) is 3.55. The number of hydrogen-bond donors (Lipinski definition) is 2. The van der Waals surface area contributed by atoms with Crippen molar-refractivity contribution in [3.05, 3.63) is 113 Å². The molecule has 3 N–H and O–H groups in total. The van der Waals surface area contributed by atoms with E-state index in [0.717, 1.165) is 17.0 Å². The minimum atomic E-state index is -0.429. The molecule has 3 aromatic carbocycles. The Morgan fingerprint density at radius 3 is 2.46 bits per heavy atom. The van der Waals surface area contributed by atoms with Crippen LogP contribution in [-0.2, 0) is 6.61 Å². The van der Waals surface area contributed by atoms with Crippen LogP contribution in [0.1, 0.15) is 27.2 Å². The van der Waals surface area contributed by atoms with Gasteiger partial charge in [-0.15, -0.1) is 0 Å². The average molecular weight is 523 g/mol. The summed E-state index contributed by atoms with van der Waals surface area (Å²) >= 11 is 0. The number of amides is 1. The van der Waals surface area contributed by atoms with Gasteiger partial charge in [0.1, 0.15) is 22.8 Å². The Morgan fingerprint density at radius 1 is 1.00 bits per heavy atom. The minimum absolute atomic E-state index is 0.120. The molecule has 0 aliphatic heterocycles. The lowest BCUT2D eigenvalue weighted by Gasteiger charge is -2.12. The number of methoxy groups -OCH3 is 1. The number of ether oxygens (including phenoxy) is 2. The highest BCUT2D eigenvalue weighted by Gasteiger charge is 2.19. The zero-order valence-corrected chi connectivity index (χ0v) is 21.8. The average Bonchev–Trinajstić information content (AvgIpc) is 2.95. The van der Waals surface area contributed by atoms with Crippen LogP contribution in [-0.4, -0.2) is 18.1 Å². The van der Waals surface area contributed by atoms with E-state index in [1.165, 1.54) is 0 Å². The van der Waals surface area contributed by atoms with Crippen LogP contribution >= 0.6 is 0 Å². The lowest BCUT2D eigenvalue weighted by Crippen LogP contribution is -2.23. The molecule has 39 heavy (non-hydrogen) atoms. The third-order valence-corrected chi connectivity index (χ3v) is 6.18. The Bertz CT molecular complexity index is 1710. The summed E-state index contributed by atoms with van der Waals surface area (Å²) in [4.78, 5) is 21.4. The number of anilines is 1. The van der Waals surface area contributed by atoms with Crippen molar-refractivity contribution in [3.8, 4) is 17.2 Å². The molecule has 2 heterocycles. The smallest absolute Gasteiger partial charge is 0.261 e. The molecule has 0 aliphatic rings. The van der Waals surface area contributed by atoms with Gasteiger partial charge in [-0.2, -0.15) is 0 Å². The zero-order chi connectivity index (χ0) is 27.4. The Balaban J connectivity index is 1.59. The maximum absolute atomic E-state index is 13.6. The van der Waals surface area contributed by atoms with Crippen LogP contribution in [0.3, 0.4) is 0 Å². The molecule has 0 saturated heterocycles. The number of rotatable bonds is 7. The number of pyridine rings is 1. The van der Waals surface area contributed by atoms with E-state index in [4.69, 9.17) is 13.9 Å². The Labute approximate surface area is 225 Å². The second kappa shape index (κ2) is 11.2. The predicted molar refractivity (Wildman–Crippen MR) is 147 cm³/mol. The molecule has 2 aromatic heterocycles. The number of hydrogen-bond acceptors (Lipinski definition) is 6. The summed E-state index contributed by atoms with van der Waals surface area (Å²) in [5.41, 5.74) is 4.20. The summed E-state index contributed by atoms with van der Waals surface area (Å²) in [6.07, 6.45) is 1.70. The van der Waals surface area contributed by atoms with Crippen LogP contribution in [0.2, 0.25) is 0 Å². The number of aryl methyl sites for hydroxylation is 2. The van der Waals surface area contributed by atoms with Crippen molar-refractivity contribution >= 4 is 28.3 Å². The molecule has 0 spiro atoms. The summed E-state index contributed by atoms with van der Waals surface area (Å²) in [5, 5.41) is 13.4. The fourth-order valence-electron chi connectivity index (χ4n) is 4.15. The number of carbonyl (C=O) groups is 1. The van der Waals surface area contributed by atoms with Crippen LogP contribution < -0.4 is 25.3 Å². The van der Waals surface area contributed by atoms with Crippen molar-refractivity contribution in [2.75, 3.05) is 12.4 Å². The summed E-state index contributed by atoms with van der Waals surface area (Å²) < 4.78 is 17.5. The van der Waals surface area contributed by atoms with Gasteiger partial charge in [0, 0.05) is 12.3 Å². The normalized spacial score (nSPS) is 11.4. The second-order valence-electron chi connectivity index (χ2n) is 8.98. The summed E-state index contributed by atoms with van der Waals surface area (Å²) in [5.74, 6) is 1.48. The van der Waals surface area contributed by atoms with Gasteiger partial charge < -0.3 is 24.3 Å². The van der Waals surface area contributed by atoms with Gasteiger partial charge in [0.05, 0.1) is 30.7 Å². The largest absolute Gasteiger partial charge is 0.495 e. The van der Waals surface area contributed by atoms with Crippen molar-refractivity contribution in [1.82, 2.24) is 0 Å². The van der Waals surface area contributed by atoms with E-state index in [0.29, 0.717) is 39.4 Å². The molecule has 8 heteroatoms. The maximum atomic E-state index is 13.6. The lowest BCUT2D eigenvalue weighted by molar-refractivity contribution is -0.386. The molecular weight excluding hydrogens is 494 g/mol. The fourth-order valence-corrected chi connectivity index (χ4v) is 4.15. The van der Waals surface area contributed by atoms with E-state index < -0.39 is 5.91 Å². The van der Waals surface area contributed by atoms with Crippen LogP contribution in [0.4, 0.5) is 11.4 Å². The minimum Gasteiger partial charge on any atom is -0.495 e. The van der Waals surface area contributed by atoms with E-state index >= 15 is 0 Å². The molecule has 1 amide bonds. The van der Waals surface area contributed by atoms with E-state index in [-0.39, 0.29) is 17.7 Å². The number of aromatic amines is 1. The lowest BCUT2D eigenvalue weighted by atomic mass is 10.1. The molecule has 0 bridgehead atoms. The summed E-state index contributed by atoms with van der Waals surface area (Å²) in [7, 11) is 1.55. The highest BCUT2D eigenvalue weighted by molar-refractivity contribution is 6.06. The first-order chi connectivity index (χ1) is 18.9. The predicted octanol–water partition coefficient (Wildman–Crippen LogP) is 5.64. The van der Waals surface area contributed by atoms with E-state index in [9.17, 15) is 9.90 Å². The second-order valence-corrected chi connectivity index (χ2v) is 8.98. The van der Waals surface area contributed by atoms with Gasteiger partial charge in [0.15, 0.2) is 6.20 Å². The Morgan fingerprint density at radius 2 is 1.74 bits per heavy atom. The monoisotopic (exact) mass is 522 g/mol. The topological polar surface area (TPSA) is 107 Å². The van der Waals surface area contributed by atoms with E-state index in [2.05, 4.69) is 15.3 Å². The molecule has 0 aliphatic carbocycles. The van der Waals surface area contributed by atoms with Crippen molar-refractivity contribution in [2.24, 2.45) is 4.99 Å². The number of aliphatic hydroxyl groups is 1. The third kappa shape index (κ3) is 5.66. The molecule has 5 rings (SSSR count). The highest BCUT2D eigenvalue weighted by Crippen LogP contribution is 2.27. The van der Waals surface area contributed by atoms with Gasteiger partial charge in [-0.1, -0.05) is 24.3 Å². The SMILES string of the molecule is COc1ccc(C)cc1NC(=O)c1cc2c(CO)c[nH+]c(C)c2oc1=Nc1ccc(Oc2ccccc2)cc1. The first-order valence-corrected chi connectivity index (χ1v) is 12.4.